The number of aromatic nitrogens is 7. The average molecular weight is 294 g/mol. The first-order valence-electron chi connectivity index (χ1n) is 5.97. The first kappa shape index (κ1) is 12.8. The van der Waals surface area contributed by atoms with Gasteiger partial charge in [0.15, 0.2) is 11.2 Å². The maximum Gasteiger partial charge on any atom is 0.245 e. The number of halogens is 1. The van der Waals surface area contributed by atoms with Gasteiger partial charge >= 0.3 is 0 Å². The summed E-state index contributed by atoms with van der Waals surface area (Å²) in [5.41, 5.74) is 1.32. The molecule has 8 nitrogen and oxygen atoms in total. The van der Waals surface area contributed by atoms with Crippen LogP contribution in [0.2, 0.25) is 0 Å². The highest BCUT2D eigenvalue weighted by atomic mass is 35.5. The standard InChI is InChI=1S/C11H12ClN7O/c1-20-11-9-10(13-7-14-11)19(8(6-12)16-9)5-4-18-3-2-15-17-18/h2-3,7H,4-6H2,1H3. The lowest BCUT2D eigenvalue weighted by molar-refractivity contribution is 0.401. The Morgan fingerprint density at radius 1 is 1.30 bits per heavy atom. The van der Waals surface area contributed by atoms with Crippen molar-refractivity contribution in [1.29, 1.82) is 0 Å². The van der Waals surface area contributed by atoms with E-state index in [9.17, 15) is 0 Å². The van der Waals surface area contributed by atoms with E-state index in [1.165, 1.54) is 6.33 Å². The van der Waals surface area contributed by atoms with E-state index in [0.717, 1.165) is 5.82 Å². The molecule has 0 amide bonds. The molecule has 20 heavy (non-hydrogen) atoms. The molecule has 0 aromatic carbocycles. The molecule has 0 spiro atoms. The predicted octanol–water partition coefficient (Wildman–Crippen LogP) is 0.865. The minimum Gasteiger partial charge on any atom is -0.479 e. The van der Waals surface area contributed by atoms with Crippen LogP contribution in [0.5, 0.6) is 5.88 Å². The van der Waals surface area contributed by atoms with Gasteiger partial charge in [-0.15, -0.1) is 16.7 Å². The van der Waals surface area contributed by atoms with Gasteiger partial charge in [-0.2, -0.15) is 4.98 Å². The summed E-state index contributed by atoms with van der Waals surface area (Å²) < 4.78 is 8.87. The van der Waals surface area contributed by atoms with Gasteiger partial charge in [0.25, 0.3) is 0 Å². The highest BCUT2D eigenvalue weighted by Crippen LogP contribution is 2.22. The fourth-order valence-electron chi connectivity index (χ4n) is 2.00. The summed E-state index contributed by atoms with van der Waals surface area (Å²) in [4.78, 5) is 12.7. The lowest BCUT2D eigenvalue weighted by atomic mass is 10.5. The normalized spacial score (nSPS) is 11.1. The molecule has 104 valence electrons. The summed E-state index contributed by atoms with van der Waals surface area (Å²) in [6.45, 7) is 1.30. The van der Waals surface area contributed by atoms with Gasteiger partial charge in [0.2, 0.25) is 5.88 Å². The number of hydrogen-bond acceptors (Lipinski definition) is 6. The van der Waals surface area contributed by atoms with Crippen LogP contribution < -0.4 is 4.74 Å². The Hall–Kier alpha value is -2.22. The monoisotopic (exact) mass is 293 g/mol. The van der Waals surface area contributed by atoms with Gasteiger partial charge in [-0.3, -0.25) is 4.68 Å². The number of fused-ring (bicyclic) bond motifs is 1. The zero-order chi connectivity index (χ0) is 13.9. The molecule has 0 bridgehead atoms. The third-order valence-electron chi connectivity index (χ3n) is 2.92. The smallest absolute Gasteiger partial charge is 0.245 e. The molecule has 0 N–H and O–H groups in total. The van der Waals surface area contributed by atoms with Gasteiger partial charge < -0.3 is 9.30 Å². The van der Waals surface area contributed by atoms with Crippen molar-refractivity contribution in [2.24, 2.45) is 0 Å². The third kappa shape index (κ3) is 2.18. The Morgan fingerprint density at radius 2 is 2.20 bits per heavy atom. The summed E-state index contributed by atoms with van der Waals surface area (Å²) in [7, 11) is 1.55. The highest BCUT2D eigenvalue weighted by molar-refractivity contribution is 6.16. The van der Waals surface area contributed by atoms with Crippen LogP contribution in [0.1, 0.15) is 5.82 Å². The number of alkyl halides is 1. The zero-order valence-electron chi connectivity index (χ0n) is 10.8. The van der Waals surface area contributed by atoms with Gasteiger partial charge in [0, 0.05) is 12.7 Å². The average Bonchev–Trinajstić information content (AvgIpc) is 3.11. The van der Waals surface area contributed by atoms with E-state index in [4.69, 9.17) is 16.3 Å². The van der Waals surface area contributed by atoms with Crippen molar-refractivity contribution in [2.75, 3.05) is 7.11 Å². The molecular weight excluding hydrogens is 282 g/mol. The summed E-state index contributed by atoms with van der Waals surface area (Å²) in [5.74, 6) is 1.46. The van der Waals surface area contributed by atoms with Crippen molar-refractivity contribution in [1.82, 2.24) is 34.5 Å². The fraction of sp³-hybridized carbons (Fsp3) is 0.364. The van der Waals surface area contributed by atoms with E-state index in [0.29, 0.717) is 30.1 Å². The van der Waals surface area contributed by atoms with Crippen LogP contribution >= 0.6 is 11.6 Å². The van der Waals surface area contributed by atoms with Crippen molar-refractivity contribution < 1.29 is 4.74 Å². The van der Waals surface area contributed by atoms with Crippen molar-refractivity contribution in [3.05, 3.63) is 24.5 Å². The molecule has 0 atom stereocenters. The molecular formula is C11H12ClN7O. The summed E-state index contributed by atoms with van der Waals surface area (Å²) >= 11 is 5.95. The van der Waals surface area contributed by atoms with Crippen LogP contribution in [0.3, 0.4) is 0 Å². The molecule has 3 heterocycles. The second-order valence-electron chi connectivity index (χ2n) is 4.03. The van der Waals surface area contributed by atoms with Gasteiger partial charge in [0.1, 0.15) is 12.2 Å². The zero-order valence-corrected chi connectivity index (χ0v) is 11.5. The van der Waals surface area contributed by atoms with E-state index in [-0.39, 0.29) is 5.88 Å². The van der Waals surface area contributed by atoms with E-state index in [1.54, 1.807) is 24.2 Å². The number of aryl methyl sites for hydroxylation is 2. The number of methoxy groups -OCH3 is 1. The molecule has 0 radical (unpaired) electrons. The Morgan fingerprint density at radius 3 is 2.90 bits per heavy atom. The molecule has 0 unspecified atom stereocenters. The molecule has 0 aliphatic heterocycles. The van der Waals surface area contributed by atoms with Crippen molar-refractivity contribution in [3.8, 4) is 5.88 Å². The van der Waals surface area contributed by atoms with Gasteiger partial charge in [-0.25, -0.2) is 9.97 Å². The van der Waals surface area contributed by atoms with E-state index in [1.807, 2.05) is 4.57 Å². The maximum absolute atomic E-state index is 5.95. The number of nitrogens with zero attached hydrogens (tertiary/aromatic N) is 7. The Bertz CT molecular complexity index is 709. The Labute approximate surface area is 119 Å². The molecule has 0 saturated heterocycles. The van der Waals surface area contributed by atoms with Crippen LogP contribution in [0, 0.1) is 0 Å². The van der Waals surface area contributed by atoms with E-state index < -0.39 is 0 Å². The number of rotatable bonds is 5. The molecule has 3 aromatic heterocycles. The van der Waals surface area contributed by atoms with Gasteiger partial charge in [-0.05, 0) is 0 Å². The van der Waals surface area contributed by atoms with Crippen molar-refractivity contribution in [3.63, 3.8) is 0 Å². The number of ether oxygens (including phenoxy) is 1. The maximum atomic E-state index is 5.95. The topological polar surface area (TPSA) is 83.5 Å². The SMILES string of the molecule is COc1ncnc2c1nc(CCl)n2CCn1ccnn1. The highest BCUT2D eigenvalue weighted by Gasteiger charge is 2.15. The quantitative estimate of drug-likeness (QED) is 0.649. The van der Waals surface area contributed by atoms with Crippen LogP contribution in [0.4, 0.5) is 0 Å². The molecule has 3 rings (SSSR count). The summed E-state index contributed by atoms with van der Waals surface area (Å²) in [6, 6.07) is 0. The lowest BCUT2D eigenvalue weighted by Gasteiger charge is -2.06. The predicted molar refractivity (Wildman–Crippen MR) is 71.5 cm³/mol. The number of hydrogen-bond donors (Lipinski definition) is 0. The largest absolute Gasteiger partial charge is 0.479 e. The first-order valence-corrected chi connectivity index (χ1v) is 6.51. The minimum absolute atomic E-state index is 0.289. The van der Waals surface area contributed by atoms with Gasteiger partial charge in [-0.1, -0.05) is 5.21 Å². The van der Waals surface area contributed by atoms with Crippen LogP contribution in [0.25, 0.3) is 11.2 Å². The summed E-state index contributed by atoms with van der Waals surface area (Å²) in [5, 5.41) is 7.70. The van der Waals surface area contributed by atoms with E-state index in [2.05, 4.69) is 25.3 Å². The second kappa shape index (κ2) is 5.41. The van der Waals surface area contributed by atoms with Gasteiger partial charge in [0.05, 0.1) is 25.7 Å². The van der Waals surface area contributed by atoms with Crippen molar-refractivity contribution >= 4 is 22.8 Å². The molecule has 0 aliphatic carbocycles. The van der Waals surface area contributed by atoms with Crippen LogP contribution in [-0.4, -0.2) is 41.6 Å². The lowest BCUT2D eigenvalue weighted by Crippen LogP contribution is -2.10. The molecule has 0 fully saturated rings. The summed E-state index contributed by atoms with van der Waals surface area (Å²) in [6.07, 6.45) is 4.89. The second-order valence-corrected chi connectivity index (χ2v) is 4.30. The fourth-order valence-corrected chi connectivity index (χ4v) is 2.21. The third-order valence-corrected chi connectivity index (χ3v) is 3.15. The number of imidazole rings is 1. The van der Waals surface area contributed by atoms with Crippen LogP contribution in [-0.2, 0) is 19.0 Å². The molecule has 9 heteroatoms. The molecule has 3 aromatic rings. The molecule has 0 aliphatic rings. The Balaban J connectivity index is 1.99. The van der Waals surface area contributed by atoms with Crippen LogP contribution in [0.15, 0.2) is 18.7 Å². The van der Waals surface area contributed by atoms with Crippen molar-refractivity contribution in [2.45, 2.75) is 19.0 Å². The minimum atomic E-state index is 0.289. The Kier molecular flexibility index (Phi) is 3.46. The first-order chi connectivity index (χ1) is 9.83. The van der Waals surface area contributed by atoms with E-state index >= 15 is 0 Å². The molecule has 0 saturated carbocycles.